The van der Waals surface area contributed by atoms with Crippen molar-refractivity contribution in [2.75, 3.05) is 11.9 Å². The molecule has 8 nitrogen and oxygen atoms in total. The van der Waals surface area contributed by atoms with Crippen molar-refractivity contribution >= 4 is 41.3 Å². The van der Waals surface area contributed by atoms with E-state index in [2.05, 4.69) is 47.7 Å². The van der Waals surface area contributed by atoms with Gasteiger partial charge in [0.05, 0.1) is 24.2 Å². The lowest BCUT2D eigenvalue weighted by Crippen LogP contribution is -2.38. The van der Waals surface area contributed by atoms with Crippen LogP contribution in [0.4, 0.5) is 5.69 Å². The Morgan fingerprint density at radius 3 is 2.67 bits per heavy atom. The van der Waals surface area contributed by atoms with Gasteiger partial charge in [-0.15, -0.1) is 5.06 Å². The second kappa shape index (κ2) is 9.74. The summed E-state index contributed by atoms with van der Waals surface area (Å²) in [6, 6.07) is 10.4. The van der Waals surface area contributed by atoms with Crippen LogP contribution in [0.15, 0.2) is 40.3 Å². The van der Waals surface area contributed by atoms with Crippen LogP contribution in [-0.4, -0.2) is 34.9 Å². The number of aromatic nitrogens is 2. The molecular weight excluding hydrogens is 440 g/mol. The molecule has 1 saturated heterocycles. The molecule has 0 atom stereocenters. The van der Waals surface area contributed by atoms with E-state index in [0.717, 1.165) is 28.7 Å². The number of hydrogen-bond acceptors (Lipinski definition) is 7. The maximum absolute atomic E-state index is 12.0. The van der Waals surface area contributed by atoms with Crippen molar-refractivity contribution in [2.45, 2.75) is 50.3 Å². The average molecular weight is 468 g/mol. The quantitative estimate of drug-likeness (QED) is 0.352. The second-order valence-electron chi connectivity index (χ2n) is 8.16. The number of rotatable bonds is 7. The largest absolute Gasteiger partial charge is 0.338 e. The summed E-state index contributed by atoms with van der Waals surface area (Å²) < 4.78 is 2.06. The Kier molecular flexibility index (Phi) is 6.78. The molecule has 0 aliphatic carbocycles. The lowest BCUT2D eigenvalue weighted by atomic mass is 10.1. The van der Waals surface area contributed by atoms with Crippen molar-refractivity contribution < 1.29 is 23.8 Å². The van der Waals surface area contributed by atoms with E-state index >= 15 is 0 Å². The number of benzene rings is 1. The number of thioether (sulfide) groups is 1. The molecule has 0 saturated carbocycles. The number of fused-ring (bicyclic) bond motifs is 1. The number of aryl methyl sites for hydroxylation is 2. The molecule has 2 aromatic rings. The Labute approximate surface area is 197 Å². The Balaban J connectivity index is 1.36. The number of hydrogen-bond donors (Lipinski definition) is 0. The minimum atomic E-state index is -0.563. The third kappa shape index (κ3) is 5.08. The summed E-state index contributed by atoms with van der Waals surface area (Å²) in [5, 5.41) is 1.72. The zero-order valence-electron chi connectivity index (χ0n) is 19.0. The van der Waals surface area contributed by atoms with E-state index in [1.54, 1.807) is 11.8 Å². The van der Waals surface area contributed by atoms with E-state index < -0.39 is 17.8 Å². The molecule has 9 heteroatoms. The summed E-state index contributed by atoms with van der Waals surface area (Å²) in [5.74, 6) is -0.546. The highest BCUT2D eigenvalue weighted by molar-refractivity contribution is 8.03. The van der Waals surface area contributed by atoms with E-state index in [9.17, 15) is 14.4 Å². The fourth-order valence-electron chi connectivity index (χ4n) is 3.80. The minimum Gasteiger partial charge on any atom is -0.338 e. The van der Waals surface area contributed by atoms with Gasteiger partial charge in [0, 0.05) is 43.3 Å². The third-order valence-corrected chi connectivity index (χ3v) is 6.97. The van der Waals surface area contributed by atoms with Crippen LogP contribution in [0.5, 0.6) is 0 Å². The molecular formula is C24H27N4O4S+. The van der Waals surface area contributed by atoms with Crippen LogP contribution in [0.3, 0.4) is 0 Å². The molecule has 1 fully saturated rings. The van der Waals surface area contributed by atoms with E-state index in [1.807, 2.05) is 19.2 Å². The lowest BCUT2D eigenvalue weighted by Gasteiger charge is -2.13. The maximum atomic E-state index is 12.0. The van der Waals surface area contributed by atoms with Gasteiger partial charge in [-0.1, -0.05) is 23.9 Å². The van der Waals surface area contributed by atoms with E-state index in [-0.39, 0.29) is 19.3 Å². The summed E-state index contributed by atoms with van der Waals surface area (Å²) >= 11 is 1.73. The predicted octanol–water partition coefficient (Wildman–Crippen LogP) is 3.08. The molecule has 2 amide bonds. The molecule has 2 aliphatic rings. The number of hydroxylamine groups is 2. The maximum Gasteiger partial charge on any atom is 0.333 e. The Morgan fingerprint density at radius 1 is 1.21 bits per heavy atom. The fraction of sp³-hybridized carbons (Fsp3) is 0.375. The molecule has 0 N–H and O–H groups in total. The molecule has 0 unspecified atom stereocenters. The topological polar surface area (TPSA) is 83.7 Å². The van der Waals surface area contributed by atoms with Gasteiger partial charge >= 0.3 is 5.97 Å². The number of carbonyl (C=O) groups excluding carboxylic acids is 3. The highest BCUT2D eigenvalue weighted by atomic mass is 32.2. The van der Waals surface area contributed by atoms with Crippen LogP contribution in [0.1, 0.15) is 49.3 Å². The standard InChI is InChI=1S/C24H27N4O4S/c1-16-14-17(15-23-27(3)18-8-4-5-9-19(18)33-23)25-20(26(16)2)10-6-7-11-24(31)32-28-21(29)12-13-22(28)30/h4-5,8-9,14-15H,6-7,10-13H2,1-3H3/q+1. The second-order valence-corrected chi connectivity index (χ2v) is 9.22. The van der Waals surface area contributed by atoms with Crippen LogP contribution in [-0.2, 0) is 32.7 Å². The van der Waals surface area contributed by atoms with Crippen molar-refractivity contribution in [3.63, 3.8) is 0 Å². The van der Waals surface area contributed by atoms with Gasteiger partial charge < -0.3 is 9.74 Å². The number of amides is 2. The normalized spacial score (nSPS) is 16.6. The van der Waals surface area contributed by atoms with Gasteiger partial charge in [0.25, 0.3) is 17.6 Å². The number of unbranched alkanes of at least 4 members (excludes halogenated alkanes) is 1. The molecule has 3 heterocycles. The van der Waals surface area contributed by atoms with Gasteiger partial charge in [-0.3, -0.25) is 9.59 Å². The molecule has 2 aliphatic heterocycles. The van der Waals surface area contributed by atoms with Crippen molar-refractivity contribution in [3.8, 4) is 0 Å². The average Bonchev–Trinajstić information content (AvgIpc) is 3.28. The van der Waals surface area contributed by atoms with Crippen molar-refractivity contribution in [1.82, 2.24) is 10.0 Å². The summed E-state index contributed by atoms with van der Waals surface area (Å²) in [4.78, 5) is 48.3. The van der Waals surface area contributed by atoms with E-state index in [0.29, 0.717) is 17.9 Å². The molecule has 0 spiro atoms. The van der Waals surface area contributed by atoms with Gasteiger partial charge in [-0.25, -0.2) is 9.36 Å². The Bertz CT molecular complexity index is 1130. The van der Waals surface area contributed by atoms with Crippen molar-refractivity contribution in [3.05, 3.63) is 52.6 Å². The minimum absolute atomic E-state index is 0.0977. The third-order valence-electron chi connectivity index (χ3n) is 5.80. The van der Waals surface area contributed by atoms with Crippen LogP contribution < -0.4 is 9.47 Å². The molecule has 33 heavy (non-hydrogen) atoms. The van der Waals surface area contributed by atoms with Gasteiger partial charge in [0.2, 0.25) is 0 Å². The Morgan fingerprint density at radius 2 is 1.94 bits per heavy atom. The predicted molar refractivity (Wildman–Crippen MR) is 124 cm³/mol. The number of nitrogens with zero attached hydrogens (tertiary/aromatic N) is 4. The van der Waals surface area contributed by atoms with Crippen molar-refractivity contribution in [2.24, 2.45) is 7.05 Å². The number of imide groups is 1. The molecule has 1 aromatic heterocycles. The molecule has 0 radical (unpaired) electrons. The monoisotopic (exact) mass is 467 g/mol. The highest BCUT2D eigenvalue weighted by Crippen LogP contribution is 2.45. The summed E-state index contributed by atoms with van der Waals surface area (Å²) in [6.45, 7) is 2.05. The Hall–Kier alpha value is -3.20. The van der Waals surface area contributed by atoms with Crippen LogP contribution in [0.25, 0.3) is 6.08 Å². The number of carbonyl (C=O) groups is 3. The first kappa shape index (κ1) is 23.0. The van der Waals surface area contributed by atoms with Gasteiger partial charge in [-0.05, 0) is 36.9 Å². The summed E-state index contributed by atoms with van der Waals surface area (Å²) in [7, 11) is 4.05. The first-order valence-corrected chi connectivity index (χ1v) is 11.8. The molecule has 1 aromatic carbocycles. The smallest absolute Gasteiger partial charge is 0.333 e. The zero-order chi connectivity index (χ0) is 23.5. The zero-order valence-corrected chi connectivity index (χ0v) is 19.9. The van der Waals surface area contributed by atoms with Crippen molar-refractivity contribution in [1.29, 1.82) is 0 Å². The summed E-state index contributed by atoms with van der Waals surface area (Å²) in [5.41, 5.74) is 3.19. The number of anilines is 1. The first-order chi connectivity index (χ1) is 15.8. The number of para-hydroxylation sites is 1. The fourth-order valence-corrected chi connectivity index (χ4v) is 4.90. The summed E-state index contributed by atoms with van der Waals surface area (Å²) in [6.07, 6.45) is 4.45. The highest BCUT2D eigenvalue weighted by Gasteiger charge is 2.32. The van der Waals surface area contributed by atoms with Gasteiger partial charge in [0.1, 0.15) is 5.69 Å². The first-order valence-electron chi connectivity index (χ1n) is 11.0. The lowest BCUT2D eigenvalue weighted by molar-refractivity contribution is -0.688. The van der Waals surface area contributed by atoms with Gasteiger partial charge in [0.15, 0.2) is 5.69 Å². The molecule has 4 rings (SSSR count). The SMILES string of the molecule is Cc1cc(/C=C2/Sc3ccccc3N2C)nc(CCCCC(=O)ON2C(=O)CCC2=O)[n+]1C. The van der Waals surface area contributed by atoms with Gasteiger partial charge in [-0.2, -0.15) is 0 Å². The van der Waals surface area contributed by atoms with Crippen LogP contribution in [0, 0.1) is 6.92 Å². The molecule has 172 valence electrons. The van der Waals surface area contributed by atoms with Crippen LogP contribution >= 0.6 is 11.8 Å². The van der Waals surface area contributed by atoms with E-state index in [1.165, 1.54) is 10.6 Å². The molecule has 0 bridgehead atoms. The van der Waals surface area contributed by atoms with Crippen LogP contribution in [0.2, 0.25) is 0 Å². The van der Waals surface area contributed by atoms with E-state index in [4.69, 9.17) is 9.82 Å².